The van der Waals surface area contributed by atoms with Crippen molar-refractivity contribution < 1.29 is 5.11 Å². The van der Waals surface area contributed by atoms with E-state index in [1.165, 1.54) is 0 Å². The molecule has 0 aromatic carbocycles. The van der Waals surface area contributed by atoms with Crippen LogP contribution in [0, 0.1) is 5.92 Å². The Morgan fingerprint density at radius 2 is 2.32 bits per heavy atom. The van der Waals surface area contributed by atoms with Crippen molar-refractivity contribution >= 4 is 23.4 Å². The van der Waals surface area contributed by atoms with Gasteiger partial charge in [-0.1, -0.05) is 18.7 Å². The molecule has 0 aliphatic carbocycles. The molecule has 6 heteroatoms. The third-order valence-corrected chi connectivity index (χ3v) is 4.14. The molecule has 2 unspecified atom stereocenters. The lowest BCUT2D eigenvalue weighted by atomic mass is 10.0. The largest absolute Gasteiger partial charge is 0.394 e. The lowest BCUT2D eigenvalue weighted by Crippen LogP contribution is -2.35. The average Bonchev–Trinajstić information content (AvgIpc) is 2.79. The molecule has 2 heterocycles. The van der Waals surface area contributed by atoms with Crippen molar-refractivity contribution in [2.45, 2.75) is 31.5 Å². The van der Waals surface area contributed by atoms with Gasteiger partial charge in [-0.05, 0) is 25.5 Å². The van der Waals surface area contributed by atoms with E-state index in [1.54, 1.807) is 11.8 Å². The highest BCUT2D eigenvalue weighted by Gasteiger charge is 2.31. The van der Waals surface area contributed by atoms with Crippen LogP contribution in [-0.4, -0.2) is 47.1 Å². The number of aliphatic hydroxyl groups is 1. The van der Waals surface area contributed by atoms with E-state index >= 15 is 0 Å². The minimum atomic E-state index is 0.166. The summed E-state index contributed by atoms with van der Waals surface area (Å²) < 4.78 is 0. The molecule has 1 saturated heterocycles. The summed E-state index contributed by atoms with van der Waals surface area (Å²) in [5.41, 5.74) is 0. The third kappa shape index (κ3) is 3.12. The molecule has 1 aromatic heterocycles. The fourth-order valence-electron chi connectivity index (χ4n) is 2.49. The van der Waals surface area contributed by atoms with Crippen LogP contribution in [0.5, 0.6) is 0 Å². The summed E-state index contributed by atoms with van der Waals surface area (Å²) in [6.45, 7) is 6.20. The molecule has 2 rings (SSSR count). The molecular formula is C13H22N4OS. The second kappa shape index (κ2) is 6.43. The molecule has 1 fully saturated rings. The Morgan fingerprint density at radius 1 is 1.53 bits per heavy atom. The zero-order valence-electron chi connectivity index (χ0n) is 11.8. The minimum absolute atomic E-state index is 0.166. The lowest BCUT2D eigenvalue weighted by molar-refractivity contribution is 0.244. The van der Waals surface area contributed by atoms with Crippen molar-refractivity contribution in [1.82, 2.24) is 9.97 Å². The summed E-state index contributed by atoms with van der Waals surface area (Å²) in [7, 11) is 0. The first-order chi connectivity index (χ1) is 9.19. The van der Waals surface area contributed by atoms with Gasteiger partial charge in [0, 0.05) is 19.2 Å². The van der Waals surface area contributed by atoms with E-state index in [0.717, 1.165) is 36.3 Å². The van der Waals surface area contributed by atoms with E-state index in [9.17, 15) is 5.11 Å². The van der Waals surface area contributed by atoms with Gasteiger partial charge in [-0.25, -0.2) is 9.97 Å². The van der Waals surface area contributed by atoms with E-state index in [2.05, 4.69) is 34.0 Å². The quantitative estimate of drug-likeness (QED) is 0.635. The summed E-state index contributed by atoms with van der Waals surface area (Å²) in [4.78, 5) is 11.2. The van der Waals surface area contributed by atoms with Gasteiger partial charge in [-0.15, -0.1) is 0 Å². The molecule has 0 amide bonds. The summed E-state index contributed by atoms with van der Waals surface area (Å²) in [5, 5.41) is 13.6. The maximum Gasteiger partial charge on any atom is 0.191 e. The van der Waals surface area contributed by atoms with Crippen LogP contribution in [0.2, 0.25) is 0 Å². The number of nitrogens with zero attached hydrogens (tertiary/aromatic N) is 3. The number of hydrogen-bond donors (Lipinski definition) is 2. The van der Waals surface area contributed by atoms with Gasteiger partial charge < -0.3 is 15.3 Å². The molecule has 2 N–H and O–H groups in total. The zero-order chi connectivity index (χ0) is 13.8. The zero-order valence-corrected chi connectivity index (χ0v) is 12.6. The lowest BCUT2D eigenvalue weighted by Gasteiger charge is -2.26. The van der Waals surface area contributed by atoms with Crippen LogP contribution in [0.15, 0.2) is 11.2 Å². The SMILES string of the molecule is CCNc1cc(N2CCC(C)C2CO)nc(SC)n1. The molecule has 5 nitrogen and oxygen atoms in total. The predicted octanol–water partition coefficient (Wildman–Crippen LogP) is 1.84. The second-order valence-electron chi connectivity index (χ2n) is 4.84. The van der Waals surface area contributed by atoms with E-state index in [0.29, 0.717) is 5.92 Å². The molecule has 1 aliphatic rings. The first kappa shape index (κ1) is 14.4. The van der Waals surface area contributed by atoms with E-state index in [4.69, 9.17) is 0 Å². The Balaban J connectivity index is 2.30. The highest BCUT2D eigenvalue weighted by molar-refractivity contribution is 7.98. The number of rotatable bonds is 5. The monoisotopic (exact) mass is 282 g/mol. The molecule has 1 aromatic rings. The van der Waals surface area contributed by atoms with Crippen molar-refractivity contribution in [3.05, 3.63) is 6.07 Å². The number of aliphatic hydroxyl groups excluding tert-OH is 1. The van der Waals surface area contributed by atoms with Gasteiger partial charge in [0.05, 0.1) is 12.6 Å². The first-order valence-electron chi connectivity index (χ1n) is 6.74. The molecule has 0 radical (unpaired) electrons. The summed E-state index contributed by atoms with van der Waals surface area (Å²) in [6.07, 6.45) is 3.07. The van der Waals surface area contributed by atoms with Gasteiger partial charge in [-0.2, -0.15) is 0 Å². The van der Waals surface area contributed by atoms with Gasteiger partial charge in [0.15, 0.2) is 5.16 Å². The van der Waals surface area contributed by atoms with Crippen LogP contribution in [-0.2, 0) is 0 Å². The molecule has 19 heavy (non-hydrogen) atoms. The third-order valence-electron chi connectivity index (χ3n) is 3.60. The molecule has 0 saturated carbocycles. The van der Waals surface area contributed by atoms with Gasteiger partial charge in [0.25, 0.3) is 0 Å². The minimum Gasteiger partial charge on any atom is -0.394 e. The normalized spacial score (nSPS) is 22.8. The molecule has 0 spiro atoms. The van der Waals surface area contributed by atoms with Crippen LogP contribution in [0.25, 0.3) is 0 Å². The van der Waals surface area contributed by atoms with Crippen molar-refractivity contribution in [1.29, 1.82) is 0 Å². The average molecular weight is 282 g/mol. The smallest absolute Gasteiger partial charge is 0.191 e. The molecule has 1 aliphatic heterocycles. The number of aromatic nitrogens is 2. The topological polar surface area (TPSA) is 61.3 Å². The second-order valence-corrected chi connectivity index (χ2v) is 5.61. The van der Waals surface area contributed by atoms with Crippen LogP contribution in [0.3, 0.4) is 0 Å². The van der Waals surface area contributed by atoms with Gasteiger partial charge in [0.1, 0.15) is 11.6 Å². The fraction of sp³-hybridized carbons (Fsp3) is 0.692. The Bertz CT molecular complexity index is 429. The van der Waals surface area contributed by atoms with E-state index < -0.39 is 0 Å². The number of thioether (sulfide) groups is 1. The van der Waals surface area contributed by atoms with Crippen molar-refractivity contribution in [2.75, 3.05) is 36.2 Å². The highest BCUT2D eigenvalue weighted by Crippen LogP contribution is 2.30. The summed E-state index contributed by atoms with van der Waals surface area (Å²) in [6, 6.07) is 2.14. The Labute approximate surface area is 118 Å². The van der Waals surface area contributed by atoms with Crippen molar-refractivity contribution in [3.8, 4) is 0 Å². The standard InChI is InChI=1S/C13H22N4OS/c1-4-14-11-7-12(16-13(15-11)19-3)17-6-5-9(2)10(17)8-18/h7,9-10,18H,4-6,8H2,1-3H3,(H,14,15,16). The maximum absolute atomic E-state index is 9.56. The number of nitrogens with one attached hydrogen (secondary N) is 1. The molecule has 2 atom stereocenters. The Hall–Kier alpha value is -1.01. The van der Waals surface area contributed by atoms with Crippen LogP contribution in [0.1, 0.15) is 20.3 Å². The van der Waals surface area contributed by atoms with Crippen LogP contribution >= 0.6 is 11.8 Å². The Morgan fingerprint density at radius 3 is 2.95 bits per heavy atom. The van der Waals surface area contributed by atoms with Crippen LogP contribution < -0.4 is 10.2 Å². The van der Waals surface area contributed by atoms with Crippen molar-refractivity contribution in [2.24, 2.45) is 5.92 Å². The van der Waals surface area contributed by atoms with Gasteiger partial charge >= 0.3 is 0 Å². The maximum atomic E-state index is 9.56. The molecular weight excluding hydrogens is 260 g/mol. The number of hydrogen-bond acceptors (Lipinski definition) is 6. The summed E-state index contributed by atoms with van der Waals surface area (Å²) >= 11 is 1.54. The van der Waals surface area contributed by atoms with Gasteiger partial charge in [0.2, 0.25) is 0 Å². The van der Waals surface area contributed by atoms with Crippen LogP contribution in [0.4, 0.5) is 11.6 Å². The molecule has 106 valence electrons. The molecule has 0 bridgehead atoms. The fourth-order valence-corrected chi connectivity index (χ4v) is 2.87. The number of anilines is 2. The Kier molecular flexibility index (Phi) is 4.87. The predicted molar refractivity (Wildman–Crippen MR) is 80.0 cm³/mol. The van der Waals surface area contributed by atoms with E-state index in [1.807, 2.05) is 12.3 Å². The van der Waals surface area contributed by atoms with Crippen molar-refractivity contribution in [3.63, 3.8) is 0 Å². The van der Waals surface area contributed by atoms with Gasteiger partial charge in [-0.3, -0.25) is 0 Å². The van der Waals surface area contributed by atoms with E-state index in [-0.39, 0.29) is 12.6 Å². The summed E-state index contributed by atoms with van der Waals surface area (Å²) in [5.74, 6) is 2.27. The first-order valence-corrected chi connectivity index (χ1v) is 7.96. The highest BCUT2D eigenvalue weighted by atomic mass is 32.2.